The SMILES string of the molecule is C=C(CC(F)(F)C(F)(F)C(F)(F)C(F)(F)F)[C@H]1CC=C(C)C(=O)C1. The zero-order valence-corrected chi connectivity index (χ0v) is 12.3. The third-order valence-corrected chi connectivity index (χ3v) is 3.82. The quantitative estimate of drug-likeness (QED) is 0.474. The number of allylic oxidation sites excluding steroid dienone is 3. The zero-order chi connectivity index (χ0) is 19.1. The average Bonchev–Trinajstić information content (AvgIpc) is 2.39. The van der Waals surface area contributed by atoms with E-state index in [4.69, 9.17) is 0 Å². The van der Waals surface area contributed by atoms with Gasteiger partial charge < -0.3 is 0 Å². The number of carbonyl (C=O) groups excluding carboxylic acids is 1. The Kier molecular flexibility index (Phi) is 5.23. The minimum absolute atomic E-state index is 0.0201. The van der Waals surface area contributed by atoms with Crippen LogP contribution >= 0.6 is 0 Å². The molecule has 1 atom stereocenters. The topological polar surface area (TPSA) is 17.1 Å². The first-order valence-electron chi connectivity index (χ1n) is 6.62. The summed E-state index contributed by atoms with van der Waals surface area (Å²) >= 11 is 0. The van der Waals surface area contributed by atoms with Crippen LogP contribution in [0.25, 0.3) is 0 Å². The van der Waals surface area contributed by atoms with Crippen molar-refractivity contribution in [3.63, 3.8) is 0 Å². The van der Waals surface area contributed by atoms with Gasteiger partial charge in [-0.1, -0.05) is 18.2 Å². The van der Waals surface area contributed by atoms with E-state index in [-0.39, 0.29) is 12.8 Å². The molecule has 10 heteroatoms. The Bertz CT molecular complexity index is 557. The monoisotopic (exact) mass is 368 g/mol. The van der Waals surface area contributed by atoms with E-state index < -0.39 is 47.6 Å². The molecule has 0 saturated heterocycles. The van der Waals surface area contributed by atoms with Gasteiger partial charge in [0.2, 0.25) is 0 Å². The fraction of sp³-hybridized carbons (Fsp3) is 0.643. The molecule has 0 heterocycles. The van der Waals surface area contributed by atoms with E-state index in [9.17, 15) is 44.3 Å². The first kappa shape index (κ1) is 20.6. The lowest BCUT2D eigenvalue weighted by molar-refractivity contribution is -0.395. The second kappa shape index (κ2) is 6.11. The lowest BCUT2D eigenvalue weighted by Gasteiger charge is -2.35. The second-order valence-electron chi connectivity index (χ2n) is 5.63. The summed E-state index contributed by atoms with van der Waals surface area (Å²) in [5.41, 5.74) is -0.366. The van der Waals surface area contributed by atoms with Gasteiger partial charge in [0.15, 0.2) is 5.78 Å². The maximum Gasteiger partial charge on any atom is 0.460 e. The number of carbonyl (C=O) groups is 1. The van der Waals surface area contributed by atoms with E-state index in [1.165, 1.54) is 13.0 Å². The van der Waals surface area contributed by atoms with Crippen molar-refractivity contribution < 1.29 is 44.3 Å². The molecule has 0 aromatic rings. The second-order valence-corrected chi connectivity index (χ2v) is 5.63. The molecule has 138 valence electrons. The van der Waals surface area contributed by atoms with Gasteiger partial charge in [-0.2, -0.15) is 39.5 Å². The molecule has 0 bridgehead atoms. The molecule has 0 aromatic carbocycles. The number of hydrogen-bond donors (Lipinski definition) is 0. The normalized spacial score (nSPS) is 20.8. The summed E-state index contributed by atoms with van der Waals surface area (Å²) in [5, 5.41) is 0. The molecule has 1 aliphatic carbocycles. The Hall–Kier alpha value is -1.48. The molecule has 0 fully saturated rings. The van der Waals surface area contributed by atoms with Crippen LogP contribution in [0.4, 0.5) is 39.5 Å². The van der Waals surface area contributed by atoms with Crippen molar-refractivity contribution in [1.82, 2.24) is 0 Å². The molecule has 0 radical (unpaired) electrons. The highest BCUT2D eigenvalue weighted by molar-refractivity contribution is 5.95. The van der Waals surface area contributed by atoms with E-state index >= 15 is 0 Å². The fourth-order valence-corrected chi connectivity index (χ4v) is 2.16. The highest BCUT2D eigenvalue weighted by atomic mass is 19.4. The summed E-state index contributed by atoms with van der Waals surface area (Å²) in [7, 11) is 0. The van der Waals surface area contributed by atoms with Crippen molar-refractivity contribution in [2.75, 3.05) is 0 Å². The summed E-state index contributed by atoms with van der Waals surface area (Å²) in [6.07, 6.45) is -7.97. The van der Waals surface area contributed by atoms with Crippen LogP contribution in [-0.4, -0.2) is 29.7 Å². The van der Waals surface area contributed by atoms with Gasteiger partial charge in [-0.3, -0.25) is 4.79 Å². The molecule has 0 aliphatic heterocycles. The van der Waals surface area contributed by atoms with Crippen LogP contribution in [0.3, 0.4) is 0 Å². The van der Waals surface area contributed by atoms with Crippen LogP contribution in [0.5, 0.6) is 0 Å². The summed E-state index contributed by atoms with van der Waals surface area (Å²) in [4.78, 5) is 11.4. The Morgan fingerprint density at radius 3 is 2.00 bits per heavy atom. The van der Waals surface area contributed by atoms with Gasteiger partial charge in [0.25, 0.3) is 0 Å². The summed E-state index contributed by atoms with van der Waals surface area (Å²) in [6.45, 7) is 4.50. The van der Waals surface area contributed by atoms with Gasteiger partial charge in [0.1, 0.15) is 0 Å². The van der Waals surface area contributed by atoms with E-state index in [2.05, 4.69) is 6.58 Å². The van der Waals surface area contributed by atoms with Crippen LogP contribution < -0.4 is 0 Å². The number of ketones is 1. The Labute approximate surface area is 131 Å². The number of alkyl halides is 9. The highest BCUT2D eigenvalue weighted by Crippen LogP contribution is 2.55. The van der Waals surface area contributed by atoms with Crippen molar-refractivity contribution in [2.45, 2.75) is 50.1 Å². The number of hydrogen-bond acceptors (Lipinski definition) is 1. The zero-order valence-electron chi connectivity index (χ0n) is 12.3. The Morgan fingerprint density at radius 1 is 1.08 bits per heavy atom. The van der Waals surface area contributed by atoms with Gasteiger partial charge in [-0.15, -0.1) is 0 Å². The molecule has 0 N–H and O–H groups in total. The lowest BCUT2D eigenvalue weighted by atomic mass is 9.81. The number of rotatable bonds is 5. The maximum atomic E-state index is 13.5. The van der Waals surface area contributed by atoms with Crippen LogP contribution in [0.2, 0.25) is 0 Å². The molecule has 0 saturated carbocycles. The molecule has 1 aliphatic rings. The van der Waals surface area contributed by atoms with E-state index in [0.29, 0.717) is 5.57 Å². The molecular weight excluding hydrogens is 355 g/mol. The predicted octanol–water partition coefficient (Wildman–Crippen LogP) is 5.33. The van der Waals surface area contributed by atoms with E-state index in [1.807, 2.05) is 0 Å². The number of Topliss-reactive ketones (excluding diaryl/α,β-unsaturated/α-hetero) is 1. The Morgan fingerprint density at radius 2 is 1.58 bits per heavy atom. The summed E-state index contributed by atoms with van der Waals surface area (Å²) in [5.74, 6) is -20.8. The summed E-state index contributed by atoms with van der Waals surface area (Å²) in [6, 6.07) is 0. The molecule has 24 heavy (non-hydrogen) atoms. The summed E-state index contributed by atoms with van der Waals surface area (Å²) < 4.78 is 115. The van der Waals surface area contributed by atoms with E-state index in [1.54, 1.807) is 0 Å². The van der Waals surface area contributed by atoms with Crippen LogP contribution in [-0.2, 0) is 4.79 Å². The van der Waals surface area contributed by atoms with Crippen molar-refractivity contribution in [1.29, 1.82) is 0 Å². The van der Waals surface area contributed by atoms with Gasteiger partial charge in [-0.25, -0.2) is 0 Å². The molecule has 0 amide bonds. The molecule has 1 nitrogen and oxygen atoms in total. The molecular formula is C14H13F9O. The first-order valence-corrected chi connectivity index (χ1v) is 6.62. The largest absolute Gasteiger partial charge is 0.460 e. The van der Waals surface area contributed by atoms with Crippen molar-refractivity contribution in [2.24, 2.45) is 5.92 Å². The third-order valence-electron chi connectivity index (χ3n) is 3.82. The molecule has 0 aromatic heterocycles. The van der Waals surface area contributed by atoms with E-state index in [0.717, 1.165) is 0 Å². The minimum Gasteiger partial charge on any atom is -0.295 e. The van der Waals surface area contributed by atoms with Crippen molar-refractivity contribution >= 4 is 5.78 Å². The number of halogens is 9. The molecule has 0 spiro atoms. The standard InChI is InChI=1S/C14H13F9O/c1-7-3-4-9(5-10(7)24)8(2)6-11(15,16)12(17,18)13(19,20)14(21,22)23/h3,9H,2,4-6H2,1H3/t9-/m0/s1. The highest BCUT2D eigenvalue weighted by Gasteiger charge is 2.81. The van der Waals surface area contributed by atoms with Gasteiger partial charge in [0.05, 0.1) is 0 Å². The minimum atomic E-state index is -6.91. The maximum absolute atomic E-state index is 13.5. The average molecular weight is 368 g/mol. The van der Waals surface area contributed by atoms with Gasteiger partial charge >= 0.3 is 23.9 Å². The van der Waals surface area contributed by atoms with Gasteiger partial charge in [-0.05, 0) is 24.8 Å². The van der Waals surface area contributed by atoms with Crippen molar-refractivity contribution in [3.8, 4) is 0 Å². The fourth-order valence-electron chi connectivity index (χ4n) is 2.16. The Balaban J connectivity index is 3.00. The van der Waals surface area contributed by atoms with Crippen LogP contribution in [0, 0.1) is 5.92 Å². The van der Waals surface area contributed by atoms with Crippen LogP contribution in [0.15, 0.2) is 23.8 Å². The van der Waals surface area contributed by atoms with Crippen LogP contribution in [0.1, 0.15) is 26.2 Å². The molecule has 1 rings (SSSR count). The smallest absolute Gasteiger partial charge is 0.295 e. The van der Waals surface area contributed by atoms with Crippen molar-refractivity contribution in [3.05, 3.63) is 23.8 Å². The third kappa shape index (κ3) is 3.46. The first-order chi connectivity index (χ1) is 10.5. The van der Waals surface area contributed by atoms with Gasteiger partial charge in [0, 0.05) is 12.8 Å². The lowest BCUT2D eigenvalue weighted by Crippen LogP contribution is -2.61. The molecule has 0 unspecified atom stereocenters. The predicted molar refractivity (Wildman–Crippen MR) is 66.1 cm³/mol.